The maximum absolute atomic E-state index is 7.04. The lowest BCUT2D eigenvalue weighted by Crippen LogP contribution is -2.10. The molecule has 16 aromatic rings. The number of aromatic nitrogens is 2. The van der Waals surface area contributed by atoms with Crippen LogP contribution >= 0.6 is 0 Å². The summed E-state index contributed by atoms with van der Waals surface area (Å²) in [7, 11) is 0. The summed E-state index contributed by atoms with van der Waals surface area (Å²) in [5, 5.41) is 11.5. The minimum atomic E-state index is 0.510. The molecule has 16 rings (SSSR count). The number of anilines is 6. The van der Waals surface area contributed by atoms with Gasteiger partial charge in [-0.05, 0) is 242 Å². The van der Waals surface area contributed by atoms with Crippen molar-refractivity contribution >= 4 is 132 Å². The summed E-state index contributed by atoms with van der Waals surface area (Å²) in [6.45, 7) is 18.8. The van der Waals surface area contributed by atoms with Crippen LogP contribution in [0.15, 0.2) is 251 Å². The lowest BCUT2D eigenvalue weighted by Gasteiger charge is -2.26. The van der Waals surface area contributed by atoms with Crippen molar-refractivity contribution in [2.24, 2.45) is 0 Å². The van der Waals surface area contributed by atoms with Gasteiger partial charge in [-0.3, -0.25) is 0 Å². The second kappa shape index (κ2) is 27.4. The van der Waals surface area contributed by atoms with E-state index in [1.165, 1.54) is 129 Å². The average molecular weight is 1310 g/mol. The normalized spacial score (nSPS) is 13.3. The van der Waals surface area contributed by atoms with Crippen LogP contribution in [0.3, 0.4) is 0 Å². The van der Waals surface area contributed by atoms with Crippen molar-refractivity contribution < 1.29 is 8.83 Å². The van der Waals surface area contributed by atoms with Gasteiger partial charge in [0.25, 0.3) is 0 Å². The topological polar surface area (TPSA) is 42.6 Å². The van der Waals surface area contributed by atoms with Crippen molar-refractivity contribution in [3.63, 3.8) is 0 Å². The van der Waals surface area contributed by atoms with Gasteiger partial charge >= 0.3 is 0 Å². The third-order valence-electron chi connectivity index (χ3n) is 22.3. The van der Waals surface area contributed by atoms with Gasteiger partial charge < -0.3 is 27.8 Å². The zero-order valence-corrected chi connectivity index (χ0v) is 59.5. The quantitative estimate of drug-likeness (QED) is 0.0605. The number of furan rings is 2. The lowest BCUT2D eigenvalue weighted by atomic mass is 9.85. The van der Waals surface area contributed by atoms with Crippen molar-refractivity contribution in [2.75, 3.05) is 9.80 Å². The molecule has 0 fully saturated rings. The first-order valence-corrected chi connectivity index (χ1v) is 37.6. The molecule has 0 aliphatic heterocycles. The maximum atomic E-state index is 7.04. The Morgan fingerprint density at radius 1 is 0.270 bits per heavy atom. The average Bonchev–Trinajstić information content (AvgIpc) is 1.57. The predicted molar refractivity (Wildman–Crippen MR) is 428 cm³/mol. The Morgan fingerprint density at radius 3 is 0.970 bits per heavy atom. The number of nitrogens with zero attached hydrogens (tertiary/aromatic N) is 4. The zero-order chi connectivity index (χ0) is 68.1. The Kier molecular flexibility index (Phi) is 17.7. The van der Waals surface area contributed by atoms with E-state index >= 15 is 0 Å². The Bertz CT molecular complexity index is 5250. The van der Waals surface area contributed by atoms with Crippen LogP contribution in [-0.4, -0.2) is 9.13 Å². The molecule has 0 radical (unpaired) electrons. The molecule has 0 saturated carbocycles. The Labute approximate surface area is 589 Å². The standard InChI is InChI=1S/C94H92N4O2/c1-9-29-61(13-5)65-53-66(62(14-6)30-10-2)56-73(55-65)97-81-39-25-23-37-77(81)93-83(41-27-43-85(93)97)95(69-33-19-17-20-34-69)71-45-47-79-89(59-71)99-87-51-49-76-75(91(79)87)50-52-88-92(76)80-48-46-72(60-90(80)100-88)96(70-35-21-18-22-36-70)84-42-28-44-86-94(84)78-38-24-26-40-82(78)98(86)74-57-67(63(15-7)31-11-3)54-68(58-74)64(16-8)32-12-4/h17-28,33-64H,9-16,29-32H2,1-8H3. The van der Waals surface area contributed by atoms with Crippen molar-refractivity contribution in [1.29, 1.82) is 0 Å². The number of rotatable bonds is 24. The third kappa shape index (κ3) is 11.1. The summed E-state index contributed by atoms with van der Waals surface area (Å²) in [5.41, 5.74) is 23.0. The zero-order valence-electron chi connectivity index (χ0n) is 59.5. The van der Waals surface area contributed by atoms with Gasteiger partial charge in [0.05, 0.1) is 33.4 Å². The minimum absolute atomic E-state index is 0.510. The van der Waals surface area contributed by atoms with Crippen LogP contribution in [-0.2, 0) is 0 Å². The first-order valence-electron chi connectivity index (χ1n) is 37.6. The Hall–Kier alpha value is -10.3. The van der Waals surface area contributed by atoms with Crippen molar-refractivity contribution in [3.05, 3.63) is 265 Å². The monoisotopic (exact) mass is 1310 g/mol. The van der Waals surface area contributed by atoms with Crippen molar-refractivity contribution in [3.8, 4) is 11.4 Å². The van der Waals surface area contributed by atoms with Gasteiger partial charge in [0.15, 0.2) is 0 Å². The van der Waals surface area contributed by atoms with Gasteiger partial charge in [-0.25, -0.2) is 0 Å². The van der Waals surface area contributed by atoms with Gasteiger partial charge in [-0.2, -0.15) is 0 Å². The molecule has 0 saturated heterocycles. The first kappa shape index (κ1) is 64.4. The van der Waals surface area contributed by atoms with E-state index in [1.54, 1.807) is 0 Å². The second-order valence-corrected chi connectivity index (χ2v) is 28.2. The molecule has 0 aliphatic rings. The summed E-state index contributed by atoms with van der Waals surface area (Å²) in [6.07, 6.45) is 13.9. The number of hydrogen-bond donors (Lipinski definition) is 0. The molecule has 4 atom stereocenters. The highest BCUT2D eigenvalue weighted by Crippen LogP contribution is 2.50. The summed E-state index contributed by atoms with van der Waals surface area (Å²) in [6, 6.07) is 91.1. The van der Waals surface area contributed by atoms with Crippen LogP contribution in [0.25, 0.3) is 110 Å². The highest BCUT2D eigenvalue weighted by Gasteiger charge is 2.28. The molecular formula is C94H92N4O2. The van der Waals surface area contributed by atoms with Crippen LogP contribution in [0.1, 0.15) is 178 Å². The smallest absolute Gasteiger partial charge is 0.137 e. The van der Waals surface area contributed by atoms with Crippen LogP contribution in [0, 0.1) is 0 Å². The van der Waals surface area contributed by atoms with E-state index in [-0.39, 0.29) is 0 Å². The summed E-state index contributed by atoms with van der Waals surface area (Å²) in [5.74, 6) is 2.04. The molecule has 4 unspecified atom stereocenters. The minimum Gasteiger partial charge on any atom is -0.456 e. The molecule has 100 heavy (non-hydrogen) atoms. The van der Waals surface area contributed by atoms with Crippen molar-refractivity contribution in [1.82, 2.24) is 9.13 Å². The SMILES string of the molecule is CCCC(CC)c1cc(C(CC)CCC)cc(-n2c3ccccc3c3c(N(c4ccccc4)c4ccc5c(c4)oc4ccc6c(ccc7oc8cc(N(c9ccccc9)c9cccc%10c9c9ccccc9n%10-c9cc(C(CC)CCC)cc(C(CC)CCC)c9)ccc8c76)c45)cccc32)c1. The summed E-state index contributed by atoms with van der Waals surface area (Å²) < 4.78 is 19.2. The molecule has 0 N–H and O–H groups in total. The van der Waals surface area contributed by atoms with E-state index in [1.807, 2.05) is 0 Å². The fourth-order valence-corrected chi connectivity index (χ4v) is 17.5. The molecule has 0 aliphatic carbocycles. The summed E-state index contributed by atoms with van der Waals surface area (Å²) >= 11 is 0. The van der Waals surface area contributed by atoms with Crippen LogP contribution in [0.5, 0.6) is 0 Å². The van der Waals surface area contributed by atoms with E-state index in [0.29, 0.717) is 23.7 Å². The van der Waals surface area contributed by atoms with Crippen LogP contribution < -0.4 is 9.80 Å². The molecule has 0 bridgehead atoms. The largest absolute Gasteiger partial charge is 0.456 e. The number of fused-ring (bicyclic) bond motifs is 15. The molecule has 4 heterocycles. The number of hydrogen-bond acceptors (Lipinski definition) is 4. The van der Waals surface area contributed by atoms with E-state index < -0.39 is 0 Å². The van der Waals surface area contributed by atoms with E-state index in [9.17, 15) is 0 Å². The summed E-state index contributed by atoms with van der Waals surface area (Å²) in [4.78, 5) is 4.87. The molecule has 6 nitrogen and oxygen atoms in total. The molecule has 4 aromatic heterocycles. The molecule has 6 heteroatoms. The fourth-order valence-electron chi connectivity index (χ4n) is 17.5. The molecule has 500 valence electrons. The second-order valence-electron chi connectivity index (χ2n) is 28.2. The molecule has 12 aromatic carbocycles. The maximum Gasteiger partial charge on any atom is 0.137 e. The van der Waals surface area contributed by atoms with Gasteiger partial charge in [-0.15, -0.1) is 0 Å². The van der Waals surface area contributed by atoms with Gasteiger partial charge in [0, 0.05) is 89.3 Å². The van der Waals surface area contributed by atoms with E-state index in [2.05, 4.69) is 317 Å². The third-order valence-corrected chi connectivity index (χ3v) is 22.3. The van der Waals surface area contributed by atoms with E-state index in [0.717, 1.165) is 114 Å². The molecular weight excluding hydrogens is 1220 g/mol. The van der Waals surface area contributed by atoms with Crippen LogP contribution in [0.4, 0.5) is 34.1 Å². The Balaban J connectivity index is 0.814. The van der Waals surface area contributed by atoms with Crippen LogP contribution in [0.2, 0.25) is 0 Å². The lowest BCUT2D eigenvalue weighted by molar-refractivity contribution is 0.580. The van der Waals surface area contributed by atoms with Gasteiger partial charge in [-0.1, -0.05) is 178 Å². The Morgan fingerprint density at radius 2 is 0.610 bits per heavy atom. The fraction of sp³-hybridized carbons (Fsp3) is 0.255. The first-order chi connectivity index (χ1) is 49.3. The number of benzene rings is 12. The highest BCUT2D eigenvalue weighted by molar-refractivity contribution is 6.28. The molecule has 0 spiro atoms. The van der Waals surface area contributed by atoms with Gasteiger partial charge in [0.2, 0.25) is 0 Å². The van der Waals surface area contributed by atoms with Crippen molar-refractivity contribution in [2.45, 2.75) is 156 Å². The molecule has 0 amide bonds. The predicted octanol–water partition coefficient (Wildman–Crippen LogP) is 28.9. The number of para-hydroxylation sites is 4. The highest BCUT2D eigenvalue weighted by atomic mass is 16.3. The van der Waals surface area contributed by atoms with Gasteiger partial charge in [0.1, 0.15) is 22.3 Å². The van der Waals surface area contributed by atoms with E-state index in [4.69, 9.17) is 8.83 Å².